The van der Waals surface area contributed by atoms with Gasteiger partial charge in [0.1, 0.15) is 24.7 Å². The molecule has 23 heavy (non-hydrogen) atoms. The SMILES string of the molecule is CCN(CC)CCOc1ccc(OCc2ccccc2)cc1.Cl. The van der Waals surface area contributed by atoms with Crippen molar-refractivity contribution < 1.29 is 9.47 Å². The Morgan fingerprint density at radius 3 is 1.91 bits per heavy atom. The fraction of sp³-hybridized carbons (Fsp3) is 0.368. The van der Waals surface area contributed by atoms with Crippen LogP contribution < -0.4 is 9.47 Å². The normalized spacial score (nSPS) is 10.2. The minimum atomic E-state index is 0. The van der Waals surface area contributed by atoms with E-state index in [4.69, 9.17) is 9.47 Å². The molecule has 0 aliphatic heterocycles. The van der Waals surface area contributed by atoms with Crippen molar-refractivity contribution in [3.05, 3.63) is 60.2 Å². The van der Waals surface area contributed by atoms with Gasteiger partial charge < -0.3 is 14.4 Å². The van der Waals surface area contributed by atoms with Gasteiger partial charge >= 0.3 is 0 Å². The lowest BCUT2D eigenvalue weighted by molar-refractivity contribution is 0.222. The zero-order valence-electron chi connectivity index (χ0n) is 13.9. The summed E-state index contributed by atoms with van der Waals surface area (Å²) in [5.41, 5.74) is 1.17. The van der Waals surface area contributed by atoms with Gasteiger partial charge in [0.05, 0.1) is 0 Å². The van der Waals surface area contributed by atoms with Crippen LogP contribution in [0.2, 0.25) is 0 Å². The fourth-order valence-electron chi connectivity index (χ4n) is 2.21. The number of hydrogen-bond acceptors (Lipinski definition) is 3. The van der Waals surface area contributed by atoms with Crippen LogP contribution in [0.4, 0.5) is 0 Å². The molecule has 0 amide bonds. The Balaban J connectivity index is 0.00000264. The lowest BCUT2D eigenvalue weighted by Crippen LogP contribution is -2.27. The highest BCUT2D eigenvalue weighted by molar-refractivity contribution is 5.85. The van der Waals surface area contributed by atoms with Gasteiger partial charge in [0.25, 0.3) is 0 Å². The van der Waals surface area contributed by atoms with E-state index < -0.39 is 0 Å². The van der Waals surface area contributed by atoms with Crippen molar-refractivity contribution in [3.8, 4) is 11.5 Å². The number of benzene rings is 2. The highest BCUT2D eigenvalue weighted by Crippen LogP contribution is 2.18. The van der Waals surface area contributed by atoms with Crippen molar-refractivity contribution >= 4 is 12.4 Å². The molecular weight excluding hydrogens is 310 g/mol. The first-order valence-electron chi connectivity index (χ1n) is 7.93. The average molecular weight is 336 g/mol. The van der Waals surface area contributed by atoms with Crippen molar-refractivity contribution in [1.29, 1.82) is 0 Å². The standard InChI is InChI=1S/C19H25NO2.ClH/c1-3-20(4-2)14-15-21-18-10-12-19(13-11-18)22-16-17-8-6-5-7-9-17;/h5-13H,3-4,14-16H2,1-2H3;1H. The van der Waals surface area contributed by atoms with Crippen LogP contribution in [-0.4, -0.2) is 31.1 Å². The summed E-state index contributed by atoms with van der Waals surface area (Å²) in [7, 11) is 0. The molecule has 126 valence electrons. The minimum absolute atomic E-state index is 0. The monoisotopic (exact) mass is 335 g/mol. The van der Waals surface area contributed by atoms with Crippen LogP contribution in [0, 0.1) is 0 Å². The maximum absolute atomic E-state index is 5.76. The first-order valence-corrected chi connectivity index (χ1v) is 7.93. The van der Waals surface area contributed by atoms with Crippen LogP contribution in [0.5, 0.6) is 11.5 Å². The molecule has 0 heterocycles. The predicted octanol–water partition coefficient (Wildman–Crippen LogP) is 4.41. The summed E-state index contributed by atoms with van der Waals surface area (Å²) in [6.07, 6.45) is 0. The second-order valence-corrected chi connectivity index (χ2v) is 5.12. The number of likely N-dealkylation sites (N-methyl/N-ethyl adjacent to an activating group) is 1. The summed E-state index contributed by atoms with van der Waals surface area (Å²) in [6, 6.07) is 18.0. The summed E-state index contributed by atoms with van der Waals surface area (Å²) >= 11 is 0. The molecule has 0 unspecified atom stereocenters. The van der Waals surface area contributed by atoms with Crippen LogP contribution in [0.15, 0.2) is 54.6 Å². The lowest BCUT2D eigenvalue weighted by atomic mass is 10.2. The summed E-state index contributed by atoms with van der Waals surface area (Å²) in [5, 5.41) is 0. The van der Waals surface area contributed by atoms with Crippen LogP contribution in [0.1, 0.15) is 19.4 Å². The van der Waals surface area contributed by atoms with E-state index in [2.05, 4.69) is 30.9 Å². The number of halogens is 1. The molecule has 0 radical (unpaired) electrons. The maximum atomic E-state index is 5.76. The molecule has 0 aliphatic carbocycles. The van der Waals surface area contributed by atoms with Crippen molar-refractivity contribution in [3.63, 3.8) is 0 Å². The minimum Gasteiger partial charge on any atom is -0.492 e. The molecule has 0 atom stereocenters. The molecule has 0 saturated carbocycles. The zero-order valence-corrected chi connectivity index (χ0v) is 14.7. The molecular formula is C19H26ClNO2. The first-order chi connectivity index (χ1) is 10.8. The number of nitrogens with zero attached hydrogens (tertiary/aromatic N) is 1. The number of hydrogen-bond donors (Lipinski definition) is 0. The quantitative estimate of drug-likeness (QED) is 0.677. The third-order valence-electron chi connectivity index (χ3n) is 3.64. The van der Waals surface area contributed by atoms with E-state index in [1.165, 1.54) is 5.56 Å². The van der Waals surface area contributed by atoms with Gasteiger partial charge in [-0.25, -0.2) is 0 Å². The van der Waals surface area contributed by atoms with E-state index in [1.807, 2.05) is 42.5 Å². The van der Waals surface area contributed by atoms with E-state index in [0.29, 0.717) is 13.2 Å². The van der Waals surface area contributed by atoms with Crippen molar-refractivity contribution in [2.75, 3.05) is 26.2 Å². The van der Waals surface area contributed by atoms with Gasteiger partial charge in [-0.3, -0.25) is 0 Å². The third kappa shape index (κ3) is 6.93. The molecule has 3 nitrogen and oxygen atoms in total. The molecule has 0 spiro atoms. The Morgan fingerprint density at radius 1 is 0.783 bits per heavy atom. The van der Waals surface area contributed by atoms with E-state index >= 15 is 0 Å². The molecule has 2 aromatic rings. The average Bonchev–Trinajstić information content (AvgIpc) is 2.59. The Labute approximate surface area is 145 Å². The topological polar surface area (TPSA) is 21.7 Å². The van der Waals surface area contributed by atoms with Gasteiger partial charge in [-0.15, -0.1) is 12.4 Å². The molecule has 0 bridgehead atoms. The second-order valence-electron chi connectivity index (χ2n) is 5.12. The molecule has 0 N–H and O–H groups in total. The molecule has 0 aliphatic rings. The molecule has 0 aromatic heterocycles. The smallest absolute Gasteiger partial charge is 0.120 e. The highest BCUT2D eigenvalue weighted by Gasteiger charge is 2.00. The van der Waals surface area contributed by atoms with E-state index in [-0.39, 0.29) is 12.4 Å². The number of ether oxygens (including phenoxy) is 2. The van der Waals surface area contributed by atoms with Gasteiger partial charge in [-0.2, -0.15) is 0 Å². The first kappa shape index (κ1) is 19.3. The second kappa shape index (κ2) is 10.9. The Morgan fingerprint density at radius 2 is 1.35 bits per heavy atom. The summed E-state index contributed by atoms with van der Waals surface area (Å²) < 4.78 is 11.5. The lowest BCUT2D eigenvalue weighted by Gasteiger charge is -2.18. The summed E-state index contributed by atoms with van der Waals surface area (Å²) in [5.74, 6) is 1.75. The Kier molecular flexibility index (Phi) is 9.18. The van der Waals surface area contributed by atoms with Crippen LogP contribution in [-0.2, 0) is 6.61 Å². The summed E-state index contributed by atoms with van der Waals surface area (Å²) in [4.78, 5) is 2.34. The highest BCUT2D eigenvalue weighted by atomic mass is 35.5. The molecule has 2 rings (SSSR count). The molecule has 0 saturated heterocycles. The van der Waals surface area contributed by atoms with Gasteiger partial charge in [0.15, 0.2) is 0 Å². The van der Waals surface area contributed by atoms with E-state index in [0.717, 1.165) is 31.1 Å². The molecule has 2 aromatic carbocycles. The Hall–Kier alpha value is -1.71. The summed E-state index contributed by atoms with van der Waals surface area (Å²) in [6.45, 7) is 8.72. The predicted molar refractivity (Wildman–Crippen MR) is 97.7 cm³/mol. The third-order valence-corrected chi connectivity index (χ3v) is 3.64. The molecule has 0 fully saturated rings. The zero-order chi connectivity index (χ0) is 15.6. The Bertz CT molecular complexity index is 527. The van der Waals surface area contributed by atoms with E-state index in [1.54, 1.807) is 0 Å². The van der Waals surface area contributed by atoms with Gasteiger partial charge in [-0.1, -0.05) is 44.2 Å². The van der Waals surface area contributed by atoms with Crippen LogP contribution in [0.3, 0.4) is 0 Å². The van der Waals surface area contributed by atoms with Gasteiger partial charge in [0, 0.05) is 6.54 Å². The van der Waals surface area contributed by atoms with E-state index in [9.17, 15) is 0 Å². The van der Waals surface area contributed by atoms with Gasteiger partial charge in [0.2, 0.25) is 0 Å². The van der Waals surface area contributed by atoms with Crippen molar-refractivity contribution in [2.45, 2.75) is 20.5 Å². The van der Waals surface area contributed by atoms with Gasteiger partial charge in [-0.05, 0) is 42.9 Å². The van der Waals surface area contributed by atoms with Crippen LogP contribution in [0.25, 0.3) is 0 Å². The largest absolute Gasteiger partial charge is 0.492 e. The fourth-order valence-corrected chi connectivity index (χ4v) is 2.21. The molecule has 4 heteroatoms. The number of rotatable bonds is 9. The van der Waals surface area contributed by atoms with Crippen molar-refractivity contribution in [1.82, 2.24) is 4.90 Å². The maximum Gasteiger partial charge on any atom is 0.120 e. The van der Waals surface area contributed by atoms with Crippen LogP contribution >= 0.6 is 12.4 Å². The van der Waals surface area contributed by atoms with Crippen molar-refractivity contribution in [2.24, 2.45) is 0 Å².